The van der Waals surface area contributed by atoms with Gasteiger partial charge in [0.1, 0.15) is 5.54 Å². The molecule has 1 aliphatic carbocycles. The SMILES string of the molecule is CCC1CCC(N(C)CCCC(C)(NC)C(=O)O)CC1. The molecule has 1 rings (SSSR count). The van der Waals surface area contributed by atoms with Crippen LogP contribution in [0.15, 0.2) is 0 Å². The van der Waals surface area contributed by atoms with E-state index in [1.54, 1.807) is 14.0 Å². The van der Waals surface area contributed by atoms with Crippen molar-refractivity contribution in [1.82, 2.24) is 10.2 Å². The Morgan fingerprint density at radius 2 is 1.95 bits per heavy atom. The summed E-state index contributed by atoms with van der Waals surface area (Å²) in [5.74, 6) is 0.172. The number of hydrogen-bond donors (Lipinski definition) is 2. The van der Waals surface area contributed by atoms with Crippen molar-refractivity contribution in [2.45, 2.75) is 70.4 Å². The first-order valence-corrected chi connectivity index (χ1v) is 8.05. The molecular formula is C16H32N2O2. The van der Waals surface area contributed by atoms with Crippen molar-refractivity contribution in [3.63, 3.8) is 0 Å². The Labute approximate surface area is 123 Å². The van der Waals surface area contributed by atoms with E-state index in [9.17, 15) is 9.90 Å². The predicted molar refractivity (Wildman–Crippen MR) is 83.0 cm³/mol. The smallest absolute Gasteiger partial charge is 0.323 e. The molecule has 1 atom stereocenters. The van der Waals surface area contributed by atoms with Gasteiger partial charge in [0.2, 0.25) is 0 Å². The molecule has 0 amide bonds. The maximum absolute atomic E-state index is 11.2. The fraction of sp³-hybridized carbons (Fsp3) is 0.938. The highest BCUT2D eigenvalue weighted by Crippen LogP contribution is 2.29. The van der Waals surface area contributed by atoms with Gasteiger partial charge in [-0.05, 0) is 72.0 Å². The number of nitrogens with zero attached hydrogens (tertiary/aromatic N) is 1. The highest BCUT2D eigenvalue weighted by atomic mass is 16.4. The van der Waals surface area contributed by atoms with Crippen LogP contribution in [0.4, 0.5) is 0 Å². The van der Waals surface area contributed by atoms with E-state index in [-0.39, 0.29) is 0 Å². The maximum atomic E-state index is 11.2. The van der Waals surface area contributed by atoms with Crippen LogP contribution in [0.25, 0.3) is 0 Å². The van der Waals surface area contributed by atoms with Gasteiger partial charge in [-0.1, -0.05) is 13.3 Å². The van der Waals surface area contributed by atoms with Crippen LogP contribution in [0.5, 0.6) is 0 Å². The summed E-state index contributed by atoms with van der Waals surface area (Å²) in [4.78, 5) is 13.7. The molecular weight excluding hydrogens is 252 g/mol. The molecule has 4 heteroatoms. The number of hydrogen-bond acceptors (Lipinski definition) is 3. The summed E-state index contributed by atoms with van der Waals surface area (Å²) in [6.07, 6.45) is 8.23. The number of rotatable bonds is 8. The Balaban J connectivity index is 2.30. The minimum atomic E-state index is -0.791. The minimum Gasteiger partial charge on any atom is -0.480 e. The molecule has 4 nitrogen and oxygen atoms in total. The monoisotopic (exact) mass is 284 g/mol. The van der Waals surface area contributed by atoms with Gasteiger partial charge in [0.25, 0.3) is 0 Å². The normalized spacial score (nSPS) is 26.4. The van der Waals surface area contributed by atoms with Gasteiger partial charge >= 0.3 is 5.97 Å². The zero-order valence-electron chi connectivity index (χ0n) is 13.6. The molecule has 0 aliphatic heterocycles. The van der Waals surface area contributed by atoms with Crippen molar-refractivity contribution in [3.8, 4) is 0 Å². The van der Waals surface area contributed by atoms with Gasteiger partial charge in [-0.25, -0.2) is 0 Å². The Morgan fingerprint density at radius 1 is 1.35 bits per heavy atom. The molecule has 118 valence electrons. The third-order valence-electron chi connectivity index (χ3n) is 5.23. The Kier molecular flexibility index (Phi) is 6.96. The maximum Gasteiger partial charge on any atom is 0.323 e. The first-order chi connectivity index (χ1) is 9.42. The summed E-state index contributed by atoms with van der Waals surface area (Å²) >= 11 is 0. The third kappa shape index (κ3) is 4.74. The lowest BCUT2D eigenvalue weighted by Crippen LogP contribution is -2.48. The summed E-state index contributed by atoms with van der Waals surface area (Å²) in [6.45, 7) is 5.05. The molecule has 0 heterocycles. The lowest BCUT2D eigenvalue weighted by atomic mass is 9.84. The van der Waals surface area contributed by atoms with Crippen LogP contribution in [0.2, 0.25) is 0 Å². The van der Waals surface area contributed by atoms with Gasteiger partial charge in [-0.3, -0.25) is 4.79 Å². The largest absolute Gasteiger partial charge is 0.480 e. The van der Waals surface area contributed by atoms with E-state index in [1.165, 1.54) is 32.1 Å². The Bertz CT molecular complexity index is 301. The van der Waals surface area contributed by atoms with Crippen molar-refractivity contribution in [1.29, 1.82) is 0 Å². The zero-order valence-corrected chi connectivity index (χ0v) is 13.6. The topological polar surface area (TPSA) is 52.6 Å². The van der Waals surface area contributed by atoms with E-state index in [1.807, 2.05) is 0 Å². The molecule has 1 aliphatic rings. The van der Waals surface area contributed by atoms with Crippen LogP contribution in [0, 0.1) is 5.92 Å². The first-order valence-electron chi connectivity index (χ1n) is 8.05. The van der Waals surface area contributed by atoms with Crippen LogP contribution in [-0.4, -0.2) is 48.2 Å². The Morgan fingerprint density at radius 3 is 2.40 bits per heavy atom. The molecule has 0 radical (unpaired) electrons. The molecule has 20 heavy (non-hydrogen) atoms. The number of carboxylic acid groups (broad SMARTS) is 1. The summed E-state index contributed by atoms with van der Waals surface area (Å²) in [7, 11) is 3.91. The summed E-state index contributed by atoms with van der Waals surface area (Å²) < 4.78 is 0. The van der Waals surface area contributed by atoms with Crippen LogP contribution >= 0.6 is 0 Å². The van der Waals surface area contributed by atoms with Crippen molar-refractivity contribution >= 4 is 5.97 Å². The number of carboxylic acids is 1. The van der Waals surface area contributed by atoms with Gasteiger partial charge in [-0.15, -0.1) is 0 Å². The average Bonchev–Trinajstić information content (AvgIpc) is 2.46. The molecule has 1 fully saturated rings. The van der Waals surface area contributed by atoms with Crippen molar-refractivity contribution in [2.24, 2.45) is 5.92 Å². The van der Waals surface area contributed by atoms with Crippen LogP contribution in [0.3, 0.4) is 0 Å². The first kappa shape index (κ1) is 17.4. The van der Waals surface area contributed by atoms with Crippen LogP contribution < -0.4 is 5.32 Å². The van der Waals surface area contributed by atoms with E-state index in [0.717, 1.165) is 18.9 Å². The second-order valence-corrected chi connectivity index (χ2v) is 6.55. The molecule has 2 N–H and O–H groups in total. The molecule has 0 aromatic rings. The van der Waals surface area contributed by atoms with E-state index >= 15 is 0 Å². The minimum absolute atomic E-state index is 0.674. The van der Waals surface area contributed by atoms with Crippen LogP contribution in [0.1, 0.15) is 58.8 Å². The molecule has 1 unspecified atom stereocenters. The van der Waals surface area contributed by atoms with E-state index < -0.39 is 11.5 Å². The zero-order chi connectivity index (χ0) is 15.2. The lowest BCUT2D eigenvalue weighted by Gasteiger charge is -2.35. The second-order valence-electron chi connectivity index (χ2n) is 6.55. The van der Waals surface area contributed by atoms with Crippen LogP contribution in [-0.2, 0) is 4.79 Å². The Hall–Kier alpha value is -0.610. The van der Waals surface area contributed by atoms with E-state index in [0.29, 0.717) is 12.5 Å². The van der Waals surface area contributed by atoms with Gasteiger partial charge in [0, 0.05) is 6.04 Å². The van der Waals surface area contributed by atoms with Gasteiger partial charge < -0.3 is 15.3 Å². The standard InChI is InChI=1S/C16H32N2O2/c1-5-13-7-9-14(10-8-13)18(4)12-6-11-16(2,17-3)15(19)20/h13-14,17H,5-12H2,1-4H3,(H,19,20). The van der Waals surface area contributed by atoms with E-state index in [4.69, 9.17) is 0 Å². The van der Waals surface area contributed by atoms with Crippen molar-refractivity contribution in [2.75, 3.05) is 20.6 Å². The number of carbonyl (C=O) groups is 1. The van der Waals surface area contributed by atoms with Crippen molar-refractivity contribution < 1.29 is 9.90 Å². The molecule has 0 aromatic heterocycles. The number of likely N-dealkylation sites (N-methyl/N-ethyl adjacent to an activating group) is 1. The highest BCUT2D eigenvalue weighted by Gasteiger charge is 2.31. The summed E-state index contributed by atoms with van der Waals surface area (Å²) in [5, 5.41) is 12.2. The second kappa shape index (κ2) is 7.99. The molecule has 0 aromatic carbocycles. The van der Waals surface area contributed by atoms with E-state index in [2.05, 4.69) is 24.2 Å². The lowest BCUT2D eigenvalue weighted by molar-refractivity contribution is -0.144. The van der Waals surface area contributed by atoms with Gasteiger partial charge in [0.05, 0.1) is 0 Å². The predicted octanol–water partition coefficient (Wildman–Crippen LogP) is 2.73. The summed E-state index contributed by atoms with van der Waals surface area (Å²) in [5.41, 5.74) is -0.791. The molecule has 0 spiro atoms. The average molecular weight is 284 g/mol. The van der Waals surface area contributed by atoms with Gasteiger partial charge in [0.15, 0.2) is 0 Å². The van der Waals surface area contributed by atoms with Gasteiger partial charge in [-0.2, -0.15) is 0 Å². The highest BCUT2D eigenvalue weighted by molar-refractivity contribution is 5.78. The quantitative estimate of drug-likeness (QED) is 0.719. The fourth-order valence-electron chi connectivity index (χ4n) is 3.20. The molecule has 0 bridgehead atoms. The fourth-order valence-corrected chi connectivity index (χ4v) is 3.20. The number of nitrogens with one attached hydrogen (secondary N) is 1. The third-order valence-corrected chi connectivity index (χ3v) is 5.23. The summed E-state index contributed by atoms with van der Waals surface area (Å²) in [6, 6.07) is 0.698. The molecule has 1 saturated carbocycles. The van der Waals surface area contributed by atoms with Crippen molar-refractivity contribution in [3.05, 3.63) is 0 Å². The molecule has 0 saturated heterocycles. The number of aliphatic carboxylic acids is 1.